The van der Waals surface area contributed by atoms with Crippen molar-refractivity contribution in [1.29, 1.82) is 0 Å². The first kappa shape index (κ1) is 8.96. The van der Waals surface area contributed by atoms with Crippen molar-refractivity contribution in [3.8, 4) is 0 Å². The molecule has 1 aliphatic heterocycles. The number of para-hydroxylation sites is 1. The minimum atomic E-state index is 0.177. The topological polar surface area (TPSA) is 20.3 Å². The Balaban J connectivity index is 2.15. The van der Waals surface area contributed by atoms with E-state index < -0.39 is 0 Å². The predicted octanol–water partition coefficient (Wildman–Crippen LogP) is 2.34. The van der Waals surface area contributed by atoms with E-state index in [2.05, 4.69) is 30.1 Å². The number of Topliss-reactive ketones (excluding diaryl/α,β-unsaturated/α-hetero) is 1. The van der Waals surface area contributed by atoms with Gasteiger partial charge in [-0.1, -0.05) is 18.2 Å². The van der Waals surface area contributed by atoms with Crippen molar-refractivity contribution in [2.24, 2.45) is 0 Å². The highest BCUT2D eigenvalue weighted by atomic mass is 16.1. The van der Waals surface area contributed by atoms with Gasteiger partial charge in [-0.15, -0.1) is 0 Å². The van der Waals surface area contributed by atoms with Gasteiger partial charge >= 0.3 is 0 Å². The molecule has 2 bridgehead atoms. The molecule has 3 rings (SSSR count). The number of hydrogen-bond donors (Lipinski definition) is 0. The Bertz CT molecular complexity index is 413. The van der Waals surface area contributed by atoms with Gasteiger partial charge < -0.3 is 4.90 Å². The van der Waals surface area contributed by atoms with Gasteiger partial charge in [0.05, 0.1) is 0 Å². The van der Waals surface area contributed by atoms with Crippen LogP contribution in [-0.2, 0) is 4.79 Å². The number of nitrogens with zero attached hydrogens (tertiary/aromatic N) is 1. The Morgan fingerprint density at radius 3 is 3.00 bits per heavy atom. The van der Waals surface area contributed by atoms with Crippen LogP contribution in [0.5, 0.6) is 0 Å². The molecule has 0 aromatic heterocycles. The fraction of sp³-hybridized carbons (Fsp3) is 0.462. The Labute approximate surface area is 89.9 Å². The van der Waals surface area contributed by atoms with Gasteiger partial charge in [0.1, 0.15) is 5.78 Å². The first-order chi connectivity index (χ1) is 7.27. The highest BCUT2D eigenvalue weighted by Crippen LogP contribution is 2.42. The summed E-state index contributed by atoms with van der Waals surface area (Å²) < 4.78 is 0. The smallest absolute Gasteiger partial charge is 0.140 e. The lowest BCUT2D eigenvalue weighted by molar-refractivity contribution is -0.122. The minimum Gasteiger partial charge on any atom is -0.371 e. The van der Waals surface area contributed by atoms with Crippen molar-refractivity contribution < 1.29 is 4.79 Å². The van der Waals surface area contributed by atoms with E-state index in [1.807, 2.05) is 6.07 Å². The van der Waals surface area contributed by atoms with E-state index in [-0.39, 0.29) is 5.92 Å². The molecule has 2 nitrogen and oxygen atoms in total. The SMILES string of the molecule is CN1c2ccccc2[C@@H]2C[C@H]1CCC2=O. The van der Waals surface area contributed by atoms with E-state index >= 15 is 0 Å². The Hall–Kier alpha value is -1.31. The van der Waals surface area contributed by atoms with Crippen LogP contribution < -0.4 is 4.90 Å². The van der Waals surface area contributed by atoms with Crippen molar-refractivity contribution in [3.05, 3.63) is 29.8 Å². The van der Waals surface area contributed by atoms with Crippen LogP contribution in [0.4, 0.5) is 5.69 Å². The van der Waals surface area contributed by atoms with Crippen molar-refractivity contribution >= 4 is 11.5 Å². The summed E-state index contributed by atoms with van der Waals surface area (Å²) in [4.78, 5) is 14.2. The van der Waals surface area contributed by atoms with Crippen LogP contribution in [0.2, 0.25) is 0 Å². The second-order valence-corrected chi connectivity index (χ2v) is 4.62. The fourth-order valence-corrected chi connectivity index (χ4v) is 2.96. The highest BCUT2D eigenvalue weighted by Gasteiger charge is 2.37. The van der Waals surface area contributed by atoms with Crippen molar-refractivity contribution in [1.82, 2.24) is 0 Å². The Morgan fingerprint density at radius 2 is 2.13 bits per heavy atom. The number of carbonyl (C=O) groups excluding carboxylic acids is 1. The molecule has 15 heavy (non-hydrogen) atoms. The van der Waals surface area contributed by atoms with Crippen LogP contribution >= 0.6 is 0 Å². The van der Waals surface area contributed by atoms with Gasteiger partial charge in [-0.25, -0.2) is 0 Å². The zero-order valence-corrected chi connectivity index (χ0v) is 8.94. The summed E-state index contributed by atoms with van der Waals surface area (Å²) in [5, 5.41) is 0. The van der Waals surface area contributed by atoms with Gasteiger partial charge in [0.15, 0.2) is 0 Å². The van der Waals surface area contributed by atoms with Crippen LogP contribution in [0.1, 0.15) is 30.7 Å². The Kier molecular flexibility index (Phi) is 1.84. The largest absolute Gasteiger partial charge is 0.371 e. The highest BCUT2D eigenvalue weighted by molar-refractivity contribution is 5.89. The zero-order valence-electron chi connectivity index (χ0n) is 8.94. The van der Waals surface area contributed by atoms with Crippen molar-refractivity contribution in [2.75, 3.05) is 11.9 Å². The van der Waals surface area contributed by atoms with Gasteiger partial charge in [0.25, 0.3) is 0 Å². The number of ketones is 1. The monoisotopic (exact) mass is 201 g/mol. The number of rotatable bonds is 0. The first-order valence-corrected chi connectivity index (χ1v) is 5.62. The summed E-state index contributed by atoms with van der Waals surface area (Å²) >= 11 is 0. The number of hydrogen-bond acceptors (Lipinski definition) is 2. The molecule has 1 saturated carbocycles. The lowest BCUT2D eigenvalue weighted by Crippen LogP contribution is -2.43. The van der Waals surface area contributed by atoms with E-state index in [0.29, 0.717) is 11.8 Å². The zero-order chi connectivity index (χ0) is 10.4. The van der Waals surface area contributed by atoms with E-state index in [1.165, 1.54) is 11.3 Å². The number of carbonyl (C=O) groups is 1. The molecule has 1 aromatic carbocycles. The van der Waals surface area contributed by atoms with Crippen molar-refractivity contribution in [2.45, 2.75) is 31.2 Å². The van der Waals surface area contributed by atoms with Gasteiger partial charge in [0.2, 0.25) is 0 Å². The maximum Gasteiger partial charge on any atom is 0.140 e. The summed E-state index contributed by atoms with van der Waals surface area (Å²) in [5.41, 5.74) is 2.49. The standard InChI is InChI=1S/C13H15NO/c1-14-9-6-7-13(15)11(8-9)10-4-2-3-5-12(10)14/h2-5,9,11H,6-8H2,1H3/t9-,11+/m1/s1. The van der Waals surface area contributed by atoms with E-state index in [0.717, 1.165) is 19.3 Å². The number of anilines is 1. The molecule has 0 unspecified atom stereocenters. The first-order valence-electron chi connectivity index (χ1n) is 5.62. The predicted molar refractivity (Wildman–Crippen MR) is 60.2 cm³/mol. The summed E-state index contributed by atoms with van der Waals surface area (Å²) in [6.45, 7) is 0. The second kappa shape index (κ2) is 3.09. The summed E-state index contributed by atoms with van der Waals surface area (Å²) in [6.07, 6.45) is 2.81. The van der Waals surface area contributed by atoms with Gasteiger partial charge in [-0.2, -0.15) is 0 Å². The molecule has 2 aliphatic rings. The molecule has 1 fully saturated rings. The molecule has 2 atom stereocenters. The average Bonchev–Trinajstić information content (AvgIpc) is 2.28. The molecule has 1 aliphatic carbocycles. The van der Waals surface area contributed by atoms with Crippen LogP contribution in [0.3, 0.4) is 0 Å². The maximum absolute atomic E-state index is 11.9. The maximum atomic E-state index is 11.9. The third-order valence-electron chi connectivity index (χ3n) is 3.86. The molecule has 1 aromatic rings. The van der Waals surface area contributed by atoms with Crippen LogP contribution in [0.15, 0.2) is 24.3 Å². The van der Waals surface area contributed by atoms with E-state index in [9.17, 15) is 4.79 Å². The minimum absolute atomic E-state index is 0.177. The van der Waals surface area contributed by atoms with E-state index in [1.54, 1.807) is 0 Å². The Morgan fingerprint density at radius 1 is 1.33 bits per heavy atom. The molecule has 0 amide bonds. The average molecular weight is 201 g/mol. The molecule has 0 N–H and O–H groups in total. The summed E-state index contributed by atoms with van der Waals surface area (Å²) in [7, 11) is 2.15. The summed E-state index contributed by atoms with van der Waals surface area (Å²) in [5.74, 6) is 0.614. The molecular formula is C13H15NO. The molecule has 0 radical (unpaired) electrons. The van der Waals surface area contributed by atoms with Crippen LogP contribution in [0.25, 0.3) is 0 Å². The quantitative estimate of drug-likeness (QED) is 0.642. The lowest BCUT2D eigenvalue weighted by atomic mass is 9.76. The van der Waals surface area contributed by atoms with Gasteiger partial charge in [0, 0.05) is 31.1 Å². The fourth-order valence-electron chi connectivity index (χ4n) is 2.96. The second-order valence-electron chi connectivity index (χ2n) is 4.62. The van der Waals surface area contributed by atoms with Gasteiger partial charge in [-0.05, 0) is 24.5 Å². The molecule has 1 heterocycles. The van der Waals surface area contributed by atoms with Crippen LogP contribution in [-0.4, -0.2) is 18.9 Å². The van der Waals surface area contributed by atoms with Gasteiger partial charge in [-0.3, -0.25) is 4.79 Å². The normalized spacial score (nSPS) is 28.9. The number of benzene rings is 1. The molecule has 0 spiro atoms. The third-order valence-corrected chi connectivity index (χ3v) is 3.86. The summed E-state index contributed by atoms with van der Waals surface area (Å²) in [6, 6.07) is 8.90. The van der Waals surface area contributed by atoms with Crippen molar-refractivity contribution in [3.63, 3.8) is 0 Å². The molecule has 2 heteroatoms. The number of fused-ring (bicyclic) bond motifs is 4. The van der Waals surface area contributed by atoms with Crippen LogP contribution in [0, 0.1) is 0 Å². The molecular weight excluding hydrogens is 186 g/mol. The molecule has 78 valence electrons. The van der Waals surface area contributed by atoms with E-state index in [4.69, 9.17) is 0 Å². The molecule has 0 saturated heterocycles. The lowest BCUT2D eigenvalue weighted by Gasteiger charge is -2.42. The third kappa shape index (κ3) is 1.21.